The van der Waals surface area contributed by atoms with Gasteiger partial charge in [-0.2, -0.15) is 0 Å². The Kier molecular flexibility index (Phi) is 5.50. The van der Waals surface area contributed by atoms with E-state index in [2.05, 4.69) is 5.32 Å². The van der Waals surface area contributed by atoms with Crippen molar-refractivity contribution in [3.63, 3.8) is 0 Å². The first-order valence-corrected chi connectivity index (χ1v) is 5.59. The van der Waals surface area contributed by atoms with Crippen LogP contribution < -0.4 is 11.1 Å². The molecule has 0 bridgehead atoms. The van der Waals surface area contributed by atoms with E-state index in [0.29, 0.717) is 24.1 Å². The zero-order valence-corrected chi connectivity index (χ0v) is 9.86. The van der Waals surface area contributed by atoms with E-state index in [9.17, 15) is 14.6 Å². The second-order valence-corrected chi connectivity index (χ2v) is 3.95. The maximum absolute atomic E-state index is 13.1. The highest BCUT2D eigenvalue weighted by Gasteiger charge is 2.20. The zero-order valence-electron chi connectivity index (χ0n) is 9.86. The molecule has 4 nitrogen and oxygen atoms in total. The van der Waals surface area contributed by atoms with Gasteiger partial charge in [-0.15, -0.1) is 0 Å². The fraction of sp³-hybridized carbons (Fsp3) is 0.500. The SMILES string of the molecule is CNCCC(O)C(O)c1cc(F)ccc1CN. The third-order valence-electron chi connectivity index (χ3n) is 2.70. The first-order chi connectivity index (χ1) is 8.10. The molecule has 0 heterocycles. The molecule has 0 saturated carbocycles. The molecule has 0 aromatic heterocycles. The molecule has 1 aromatic rings. The van der Waals surface area contributed by atoms with E-state index in [1.165, 1.54) is 18.2 Å². The van der Waals surface area contributed by atoms with Crippen molar-refractivity contribution in [1.82, 2.24) is 5.32 Å². The minimum atomic E-state index is -1.11. The second kappa shape index (κ2) is 6.66. The largest absolute Gasteiger partial charge is 0.390 e. The number of aliphatic hydroxyl groups excluding tert-OH is 2. The Labute approximate surface area is 100 Å². The lowest BCUT2D eigenvalue weighted by Crippen LogP contribution is -2.24. The summed E-state index contributed by atoms with van der Waals surface area (Å²) in [6.45, 7) is 0.775. The first-order valence-electron chi connectivity index (χ1n) is 5.59. The van der Waals surface area contributed by atoms with Crippen LogP contribution in [0.3, 0.4) is 0 Å². The van der Waals surface area contributed by atoms with Gasteiger partial charge in [0.1, 0.15) is 11.9 Å². The Morgan fingerprint density at radius 1 is 1.41 bits per heavy atom. The molecule has 17 heavy (non-hydrogen) atoms. The van der Waals surface area contributed by atoms with E-state index >= 15 is 0 Å². The molecule has 0 spiro atoms. The van der Waals surface area contributed by atoms with Crippen molar-refractivity contribution in [1.29, 1.82) is 0 Å². The summed E-state index contributed by atoms with van der Waals surface area (Å²) in [5.41, 5.74) is 6.51. The normalized spacial score (nSPS) is 14.6. The van der Waals surface area contributed by atoms with E-state index in [0.717, 1.165) is 0 Å². The molecule has 2 unspecified atom stereocenters. The number of hydrogen-bond acceptors (Lipinski definition) is 4. The standard InChI is InChI=1S/C12H19FN2O2/c1-15-5-4-11(16)12(17)10-6-9(13)3-2-8(10)7-14/h2-3,6,11-12,15-17H,4-5,7,14H2,1H3. The van der Waals surface area contributed by atoms with Gasteiger partial charge in [-0.1, -0.05) is 6.07 Å². The minimum absolute atomic E-state index is 0.200. The summed E-state index contributed by atoms with van der Waals surface area (Å²) in [5.74, 6) is -0.447. The van der Waals surface area contributed by atoms with Crippen LogP contribution in [0.4, 0.5) is 4.39 Å². The van der Waals surface area contributed by atoms with E-state index in [1.807, 2.05) is 0 Å². The lowest BCUT2D eigenvalue weighted by atomic mass is 9.97. The van der Waals surface area contributed by atoms with Crippen molar-refractivity contribution in [2.24, 2.45) is 5.73 Å². The van der Waals surface area contributed by atoms with E-state index in [1.54, 1.807) is 7.05 Å². The van der Waals surface area contributed by atoms with Gasteiger partial charge in [-0.05, 0) is 43.3 Å². The van der Waals surface area contributed by atoms with Crippen LogP contribution in [0.25, 0.3) is 0 Å². The summed E-state index contributed by atoms with van der Waals surface area (Å²) in [5, 5.41) is 22.6. The summed E-state index contributed by atoms with van der Waals surface area (Å²) >= 11 is 0. The maximum Gasteiger partial charge on any atom is 0.123 e. The Morgan fingerprint density at radius 2 is 2.12 bits per heavy atom. The molecule has 0 saturated heterocycles. The predicted molar refractivity (Wildman–Crippen MR) is 63.8 cm³/mol. The van der Waals surface area contributed by atoms with Gasteiger partial charge in [0.15, 0.2) is 0 Å². The van der Waals surface area contributed by atoms with Crippen LogP contribution >= 0.6 is 0 Å². The lowest BCUT2D eigenvalue weighted by molar-refractivity contribution is 0.0134. The molecule has 0 aliphatic carbocycles. The van der Waals surface area contributed by atoms with Gasteiger partial charge >= 0.3 is 0 Å². The Hall–Kier alpha value is -1.01. The van der Waals surface area contributed by atoms with E-state index < -0.39 is 18.0 Å². The van der Waals surface area contributed by atoms with Crippen molar-refractivity contribution in [2.75, 3.05) is 13.6 Å². The average molecular weight is 242 g/mol. The molecule has 0 fully saturated rings. The van der Waals surface area contributed by atoms with Crippen molar-refractivity contribution >= 4 is 0 Å². The van der Waals surface area contributed by atoms with Gasteiger partial charge in [-0.25, -0.2) is 4.39 Å². The van der Waals surface area contributed by atoms with Crippen LogP contribution in [-0.2, 0) is 6.54 Å². The fourth-order valence-corrected chi connectivity index (χ4v) is 1.68. The zero-order chi connectivity index (χ0) is 12.8. The van der Waals surface area contributed by atoms with Crippen LogP contribution in [0.15, 0.2) is 18.2 Å². The topological polar surface area (TPSA) is 78.5 Å². The molecule has 96 valence electrons. The smallest absolute Gasteiger partial charge is 0.123 e. The highest BCUT2D eigenvalue weighted by molar-refractivity contribution is 5.30. The molecule has 0 aliphatic rings. The molecule has 5 N–H and O–H groups in total. The predicted octanol–water partition coefficient (Wildman–Crippen LogP) is 0.288. The van der Waals surface area contributed by atoms with Crippen LogP contribution in [-0.4, -0.2) is 29.9 Å². The summed E-state index contributed by atoms with van der Waals surface area (Å²) in [7, 11) is 1.76. The van der Waals surface area contributed by atoms with Crippen molar-refractivity contribution in [3.8, 4) is 0 Å². The lowest BCUT2D eigenvalue weighted by Gasteiger charge is -2.20. The summed E-state index contributed by atoms with van der Waals surface area (Å²) in [4.78, 5) is 0. The Morgan fingerprint density at radius 3 is 2.71 bits per heavy atom. The average Bonchev–Trinajstić information content (AvgIpc) is 2.34. The maximum atomic E-state index is 13.1. The highest BCUT2D eigenvalue weighted by Crippen LogP contribution is 2.23. The molecule has 0 aliphatic heterocycles. The molecular formula is C12H19FN2O2. The van der Waals surface area contributed by atoms with Gasteiger partial charge in [0.05, 0.1) is 6.10 Å². The first kappa shape index (κ1) is 14.1. The van der Waals surface area contributed by atoms with Crippen LogP contribution in [0.5, 0.6) is 0 Å². The number of halogens is 1. The van der Waals surface area contributed by atoms with Gasteiger partial charge in [0, 0.05) is 6.54 Å². The Balaban J connectivity index is 2.86. The number of aliphatic hydroxyl groups is 2. The van der Waals surface area contributed by atoms with Gasteiger partial charge in [0.25, 0.3) is 0 Å². The third kappa shape index (κ3) is 3.74. The van der Waals surface area contributed by atoms with E-state index in [4.69, 9.17) is 5.73 Å². The number of hydrogen-bond donors (Lipinski definition) is 4. The number of benzene rings is 1. The monoisotopic (exact) mass is 242 g/mol. The molecule has 2 atom stereocenters. The van der Waals surface area contributed by atoms with Gasteiger partial charge in [0.2, 0.25) is 0 Å². The molecule has 0 radical (unpaired) electrons. The molecule has 1 aromatic carbocycles. The summed E-state index contributed by atoms with van der Waals surface area (Å²) < 4.78 is 13.1. The van der Waals surface area contributed by atoms with Crippen molar-refractivity contribution < 1.29 is 14.6 Å². The Bertz CT molecular complexity index is 360. The number of nitrogens with one attached hydrogen (secondary N) is 1. The van der Waals surface area contributed by atoms with Crippen LogP contribution in [0.1, 0.15) is 23.7 Å². The number of rotatable bonds is 6. The molecular weight excluding hydrogens is 223 g/mol. The minimum Gasteiger partial charge on any atom is -0.390 e. The van der Waals surface area contributed by atoms with Crippen molar-refractivity contribution in [3.05, 3.63) is 35.1 Å². The number of nitrogens with two attached hydrogens (primary N) is 1. The quantitative estimate of drug-likeness (QED) is 0.578. The van der Waals surface area contributed by atoms with Crippen molar-refractivity contribution in [2.45, 2.75) is 25.2 Å². The van der Waals surface area contributed by atoms with Gasteiger partial charge in [-0.3, -0.25) is 0 Å². The summed E-state index contributed by atoms with van der Waals surface area (Å²) in [6, 6.07) is 4.03. The van der Waals surface area contributed by atoms with Crippen LogP contribution in [0.2, 0.25) is 0 Å². The van der Waals surface area contributed by atoms with Gasteiger partial charge < -0.3 is 21.3 Å². The molecule has 5 heteroatoms. The van der Waals surface area contributed by atoms with E-state index in [-0.39, 0.29) is 6.54 Å². The summed E-state index contributed by atoms with van der Waals surface area (Å²) in [6.07, 6.45) is -1.66. The fourth-order valence-electron chi connectivity index (χ4n) is 1.68. The molecule has 0 amide bonds. The second-order valence-electron chi connectivity index (χ2n) is 3.95. The molecule has 1 rings (SSSR count). The third-order valence-corrected chi connectivity index (χ3v) is 2.70. The van der Waals surface area contributed by atoms with Crippen LogP contribution in [0, 0.1) is 5.82 Å². The highest BCUT2D eigenvalue weighted by atomic mass is 19.1.